The summed E-state index contributed by atoms with van der Waals surface area (Å²) in [5, 5.41) is 3.03. The van der Waals surface area contributed by atoms with Crippen molar-refractivity contribution in [2.45, 2.75) is 12.6 Å². The average Bonchev–Trinajstić information content (AvgIpc) is 2.59. The first kappa shape index (κ1) is 18.5. The number of sulfonamides is 1. The van der Waals surface area contributed by atoms with Crippen LogP contribution in [-0.4, -0.2) is 33.2 Å². The quantitative estimate of drug-likeness (QED) is 0.857. The van der Waals surface area contributed by atoms with Gasteiger partial charge in [-0.05, 0) is 35.9 Å². The second kappa shape index (κ2) is 7.13. The number of hydrogen-bond donors (Lipinski definition) is 1. The molecule has 2 aromatic rings. The molecule has 2 aromatic carbocycles. The van der Waals surface area contributed by atoms with Crippen molar-refractivity contribution in [2.24, 2.45) is 0 Å². The highest BCUT2D eigenvalue weighted by atomic mass is 35.5. The van der Waals surface area contributed by atoms with E-state index >= 15 is 0 Å². The maximum Gasteiger partial charge on any atom is 0.263 e. The molecular formula is C17H16ClFN2O4S. The average molecular weight is 399 g/mol. The number of amides is 1. The van der Waals surface area contributed by atoms with Crippen molar-refractivity contribution >= 4 is 33.2 Å². The van der Waals surface area contributed by atoms with Gasteiger partial charge in [-0.3, -0.25) is 9.10 Å². The molecule has 6 nitrogen and oxygen atoms in total. The topological polar surface area (TPSA) is 75.7 Å². The van der Waals surface area contributed by atoms with Gasteiger partial charge < -0.3 is 10.1 Å². The fourth-order valence-electron chi connectivity index (χ4n) is 2.58. The van der Waals surface area contributed by atoms with Crippen molar-refractivity contribution in [1.82, 2.24) is 5.32 Å². The summed E-state index contributed by atoms with van der Waals surface area (Å²) in [6.07, 6.45) is 0.0371. The van der Waals surface area contributed by atoms with Gasteiger partial charge in [0, 0.05) is 11.6 Å². The number of anilines is 1. The molecule has 9 heteroatoms. The van der Waals surface area contributed by atoms with E-state index in [4.69, 9.17) is 16.3 Å². The molecule has 0 saturated carbocycles. The third-order valence-corrected chi connectivity index (χ3v) is 5.24. The van der Waals surface area contributed by atoms with Crippen LogP contribution in [0, 0.1) is 5.82 Å². The lowest BCUT2D eigenvalue weighted by molar-refractivity contribution is -0.127. The molecule has 1 heterocycles. The molecule has 0 fully saturated rings. The van der Waals surface area contributed by atoms with Gasteiger partial charge in [-0.25, -0.2) is 12.8 Å². The molecule has 1 aliphatic heterocycles. The first-order valence-electron chi connectivity index (χ1n) is 7.70. The lowest BCUT2D eigenvalue weighted by Gasteiger charge is -2.34. The van der Waals surface area contributed by atoms with Gasteiger partial charge in [0.25, 0.3) is 5.91 Å². The Hall–Kier alpha value is -2.32. The molecule has 0 saturated heterocycles. The lowest BCUT2D eigenvalue weighted by atomic mass is 10.2. The summed E-state index contributed by atoms with van der Waals surface area (Å²) in [5.74, 6) is -0.577. The lowest BCUT2D eigenvalue weighted by Crippen LogP contribution is -2.50. The van der Waals surface area contributed by atoms with Crippen LogP contribution < -0.4 is 14.4 Å². The van der Waals surface area contributed by atoms with Crippen LogP contribution in [0.25, 0.3) is 0 Å². The van der Waals surface area contributed by atoms with E-state index < -0.39 is 22.0 Å². The number of rotatable bonds is 4. The van der Waals surface area contributed by atoms with Crippen molar-refractivity contribution in [3.05, 3.63) is 58.9 Å². The van der Waals surface area contributed by atoms with Crippen LogP contribution >= 0.6 is 11.6 Å². The van der Waals surface area contributed by atoms with E-state index in [1.807, 2.05) is 0 Å². The second-order valence-electron chi connectivity index (χ2n) is 5.86. The molecule has 26 heavy (non-hydrogen) atoms. The molecule has 138 valence electrons. The molecule has 1 unspecified atom stereocenters. The molecule has 0 radical (unpaired) electrons. The van der Waals surface area contributed by atoms with Crippen LogP contribution in [0.4, 0.5) is 10.1 Å². The van der Waals surface area contributed by atoms with Gasteiger partial charge in [0.05, 0.1) is 18.5 Å². The number of carbonyl (C=O) groups is 1. The zero-order chi connectivity index (χ0) is 18.9. The van der Waals surface area contributed by atoms with Crippen LogP contribution in [0.2, 0.25) is 5.02 Å². The van der Waals surface area contributed by atoms with E-state index in [2.05, 4.69) is 5.32 Å². The SMILES string of the molecule is CS(=O)(=O)N1CC(C(=O)NCc2ccc(F)cc2)Oc2ccc(Cl)cc21. The molecule has 1 amide bonds. The van der Waals surface area contributed by atoms with Gasteiger partial charge in [0.1, 0.15) is 11.6 Å². The van der Waals surface area contributed by atoms with Crippen molar-refractivity contribution in [1.29, 1.82) is 0 Å². The van der Waals surface area contributed by atoms with Gasteiger partial charge in [0.2, 0.25) is 10.0 Å². The molecule has 1 aliphatic rings. The Kier molecular flexibility index (Phi) is 5.06. The van der Waals surface area contributed by atoms with Gasteiger partial charge >= 0.3 is 0 Å². The first-order valence-corrected chi connectivity index (χ1v) is 9.93. The van der Waals surface area contributed by atoms with Crippen molar-refractivity contribution < 1.29 is 22.3 Å². The number of nitrogens with zero attached hydrogens (tertiary/aromatic N) is 1. The highest BCUT2D eigenvalue weighted by Gasteiger charge is 2.35. The molecule has 0 aliphatic carbocycles. The zero-order valence-corrected chi connectivity index (χ0v) is 15.3. The van der Waals surface area contributed by atoms with Crippen LogP contribution in [0.3, 0.4) is 0 Å². The second-order valence-corrected chi connectivity index (χ2v) is 8.20. The highest BCUT2D eigenvalue weighted by Crippen LogP contribution is 2.37. The van der Waals surface area contributed by atoms with Crippen LogP contribution in [-0.2, 0) is 21.4 Å². The number of benzene rings is 2. The fourth-order valence-corrected chi connectivity index (χ4v) is 3.65. The van der Waals surface area contributed by atoms with E-state index in [9.17, 15) is 17.6 Å². The Morgan fingerprint density at radius 1 is 1.31 bits per heavy atom. The standard InChI is InChI=1S/C17H16ClFN2O4S/c1-26(23,24)21-10-16(25-15-7-4-12(18)8-14(15)21)17(22)20-9-11-2-5-13(19)6-3-11/h2-8,16H,9-10H2,1H3,(H,20,22). The molecule has 0 spiro atoms. The van der Waals surface area contributed by atoms with Gasteiger partial charge in [-0.15, -0.1) is 0 Å². The maximum absolute atomic E-state index is 12.9. The van der Waals surface area contributed by atoms with E-state index in [0.717, 1.165) is 10.6 Å². The van der Waals surface area contributed by atoms with Gasteiger partial charge in [-0.2, -0.15) is 0 Å². The molecule has 1 atom stereocenters. The molecular weight excluding hydrogens is 383 g/mol. The van der Waals surface area contributed by atoms with E-state index in [1.54, 1.807) is 18.2 Å². The number of ether oxygens (including phenoxy) is 1. The number of fused-ring (bicyclic) bond motifs is 1. The Bertz CT molecular complexity index is 934. The predicted octanol–water partition coefficient (Wildman–Crippen LogP) is 2.32. The monoisotopic (exact) mass is 398 g/mol. The highest BCUT2D eigenvalue weighted by molar-refractivity contribution is 7.92. The first-order chi connectivity index (χ1) is 12.2. The van der Waals surface area contributed by atoms with Crippen LogP contribution in [0.1, 0.15) is 5.56 Å². The number of halogens is 2. The van der Waals surface area contributed by atoms with Crippen molar-refractivity contribution in [2.75, 3.05) is 17.1 Å². The van der Waals surface area contributed by atoms with Crippen molar-refractivity contribution in [3.8, 4) is 5.75 Å². The number of hydrogen-bond acceptors (Lipinski definition) is 4. The van der Waals surface area contributed by atoms with E-state index in [1.165, 1.54) is 24.3 Å². The molecule has 0 bridgehead atoms. The maximum atomic E-state index is 12.9. The minimum absolute atomic E-state index is 0.165. The molecule has 3 rings (SSSR count). The summed E-state index contributed by atoms with van der Waals surface area (Å²) in [6, 6.07) is 10.3. The summed E-state index contributed by atoms with van der Waals surface area (Å²) in [6.45, 7) is 0.00670. The Balaban J connectivity index is 1.77. The van der Waals surface area contributed by atoms with E-state index in [-0.39, 0.29) is 24.7 Å². The smallest absolute Gasteiger partial charge is 0.263 e. The van der Waals surface area contributed by atoms with Gasteiger partial charge in [0.15, 0.2) is 6.10 Å². The Morgan fingerprint density at radius 3 is 2.65 bits per heavy atom. The Labute approximate surface area is 155 Å². The summed E-state index contributed by atoms with van der Waals surface area (Å²) in [5.41, 5.74) is 1.00. The largest absolute Gasteiger partial charge is 0.476 e. The summed E-state index contributed by atoms with van der Waals surface area (Å²) in [7, 11) is -3.62. The minimum atomic E-state index is -3.62. The third kappa shape index (κ3) is 4.08. The molecule has 0 aromatic heterocycles. The van der Waals surface area contributed by atoms with Crippen LogP contribution in [0.15, 0.2) is 42.5 Å². The summed E-state index contributed by atoms with van der Waals surface area (Å²) < 4.78 is 43.9. The van der Waals surface area contributed by atoms with Crippen LogP contribution in [0.5, 0.6) is 5.75 Å². The third-order valence-electron chi connectivity index (χ3n) is 3.86. The Morgan fingerprint density at radius 2 is 2.00 bits per heavy atom. The van der Waals surface area contributed by atoms with E-state index in [0.29, 0.717) is 16.3 Å². The van der Waals surface area contributed by atoms with Gasteiger partial charge in [-0.1, -0.05) is 23.7 Å². The predicted molar refractivity (Wildman–Crippen MR) is 96.3 cm³/mol. The van der Waals surface area contributed by atoms with Crippen molar-refractivity contribution in [3.63, 3.8) is 0 Å². The fraction of sp³-hybridized carbons (Fsp3) is 0.235. The number of nitrogens with one attached hydrogen (secondary N) is 1. The molecule has 1 N–H and O–H groups in total. The summed E-state index contributed by atoms with van der Waals surface area (Å²) >= 11 is 5.94. The number of carbonyl (C=O) groups excluding carboxylic acids is 1. The summed E-state index contributed by atoms with van der Waals surface area (Å²) in [4.78, 5) is 12.4. The zero-order valence-electron chi connectivity index (χ0n) is 13.8. The minimum Gasteiger partial charge on any atom is -0.476 e. The normalized spacial score (nSPS) is 16.6.